The third-order valence-corrected chi connectivity index (χ3v) is 2.37. The molecule has 0 aromatic heterocycles. The summed E-state index contributed by atoms with van der Waals surface area (Å²) < 4.78 is 26.6. The first-order valence-corrected chi connectivity index (χ1v) is 4.76. The minimum Gasteiger partial charge on any atom is -0.390 e. The lowest BCUT2D eigenvalue weighted by Gasteiger charge is -2.21. The Labute approximate surface area is 88.9 Å². The van der Waals surface area contributed by atoms with Crippen molar-refractivity contribution in [1.29, 1.82) is 0 Å². The second-order valence-corrected chi connectivity index (χ2v) is 3.87. The van der Waals surface area contributed by atoms with Crippen LogP contribution in [0.15, 0.2) is 28.7 Å². The fourth-order valence-electron chi connectivity index (χ4n) is 1.04. The van der Waals surface area contributed by atoms with E-state index in [1.165, 1.54) is 12.1 Å². The van der Waals surface area contributed by atoms with Gasteiger partial charge in [-0.05, 0) is 17.7 Å². The zero-order valence-electron chi connectivity index (χ0n) is 7.25. The predicted octanol–water partition coefficient (Wildman–Crippen LogP) is 2.08. The molecule has 0 amide bonds. The van der Waals surface area contributed by atoms with Gasteiger partial charge < -0.3 is 10.8 Å². The summed E-state index contributed by atoms with van der Waals surface area (Å²) in [6.45, 7) is -1.25. The molecule has 1 aromatic rings. The summed E-state index contributed by atoms with van der Waals surface area (Å²) in [5.74, 6) is -3.29. The van der Waals surface area contributed by atoms with Gasteiger partial charge in [-0.2, -0.15) is 0 Å². The van der Waals surface area contributed by atoms with Crippen molar-refractivity contribution in [2.45, 2.75) is 12.0 Å². The third-order valence-electron chi connectivity index (χ3n) is 1.87. The van der Waals surface area contributed by atoms with Crippen LogP contribution in [0.4, 0.5) is 8.78 Å². The van der Waals surface area contributed by atoms with E-state index in [1.807, 2.05) is 0 Å². The van der Waals surface area contributed by atoms with Crippen molar-refractivity contribution in [1.82, 2.24) is 0 Å². The lowest BCUT2D eigenvalue weighted by molar-refractivity contribution is -0.0711. The largest absolute Gasteiger partial charge is 0.390 e. The first-order chi connectivity index (χ1) is 6.47. The van der Waals surface area contributed by atoms with E-state index in [-0.39, 0.29) is 0 Å². The topological polar surface area (TPSA) is 46.2 Å². The zero-order valence-corrected chi connectivity index (χ0v) is 8.84. The van der Waals surface area contributed by atoms with Gasteiger partial charge in [0.1, 0.15) is 6.61 Å². The number of hydrogen-bond donors (Lipinski definition) is 2. The molecule has 3 N–H and O–H groups in total. The summed E-state index contributed by atoms with van der Waals surface area (Å²) in [6.07, 6.45) is 0. The Hall–Kier alpha value is -0.520. The average Bonchev–Trinajstić information content (AvgIpc) is 2.16. The highest BCUT2D eigenvalue weighted by Crippen LogP contribution is 2.29. The van der Waals surface area contributed by atoms with Crippen molar-refractivity contribution in [3.8, 4) is 0 Å². The maximum absolute atomic E-state index is 13.0. The van der Waals surface area contributed by atoms with Crippen molar-refractivity contribution in [3.05, 3.63) is 34.3 Å². The number of alkyl halides is 2. The zero-order chi connectivity index (χ0) is 10.8. The smallest absolute Gasteiger partial charge is 0.289 e. The molecule has 78 valence electrons. The molecular weight excluding hydrogens is 256 g/mol. The Morgan fingerprint density at radius 3 is 2.64 bits per heavy atom. The molecule has 1 atom stereocenters. The molecule has 0 radical (unpaired) electrons. The van der Waals surface area contributed by atoms with E-state index < -0.39 is 18.6 Å². The van der Waals surface area contributed by atoms with Crippen LogP contribution in [-0.2, 0) is 0 Å². The van der Waals surface area contributed by atoms with Gasteiger partial charge in [0.2, 0.25) is 0 Å². The number of aliphatic hydroxyl groups excluding tert-OH is 1. The van der Waals surface area contributed by atoms with Crippen molar-refractivity contribution >= 4 is 15.9 Å². The van der Waals surface area contributed by atoms with Gasteiger partial charge in [-0.25, -0.2) is 8.78 Å². The van der Waals surface area contributed by atoms with Crippen LogP contribution in [0.1, 0.15) is 11.6 Å². The molecule has 0 bridgehead atoms. The Morgan fingerprint density at radius 2 is 2.14 bits per heavy atom. The van der Waals surface area contributed by atoms with Crippen molar-refractivity contribution < 1.29 is 13.9 Å². The SMILES string of the molecule is N[C@H](c1cccc(Br)c1)C(F)(F)CO. The molecule has 0 saturated carbocycles. The fraction of sp³-hybridized carbons (Fsp3) is 0.333. The summed E-state index contributed by atoms with van der Waals surface area (Å²) in [7, 11) is 0. The molecule has 1 aromatic carbocycles. The van der Waals surface area contributed by atoms with E-state index in [2.05, 4.69) is 15.9 Å². The van der Waals surface area contributed by atoms with Gasteiger partial charge in [-0.1, -0.05) is 28.1 Å². The van der Waals surface area contributed by atoms with Gasteiger partial charge in [-0.3, -0.25) is 0 Å². The van der Waals surface area contributed by atoms with Gasteiger partial charge in [0.15, 0.2) is 0 Å². The monoisotopic (exact) mass is 265 g/mol. The number of nitrogens with two attached hydrogens (primary N) is 1. The van der Waals surface area contributed by atoms with E-state index in [1.54, 1.807) is 12.1 Å². The molecule has 1 rings (SSSR count). The standard InChI is InChI=1S/C9H10BrF2NO/c10-7-3-1-2-6(4-7)8(13)9(11,12)5-14/h1-4,8,14H,5,13H2/t8-/m1/s1. The molecule has 0 spiro atoms. The van der Waals surface area contributed by atoms with E-state index in [0.29, 0.717) is 10.0 Å². The number of halogens is 3. The lowest BCUT2D eigenvalue weighted by atomic mass is 10.0. The van der Waals surface area contributed by atoms with Crippen LogP contribution < -0.4 is 5.73 Å². The van der Waals surface area contributed by atoms with E-state index in [9.17, 15) is 8.78 Å². The lowest BCUT2D eigenvalue weighted by Crippen LogP contribution is -2.36. The highest BCUT2D eigenvalue weighted by molar-refractivity contribution is 9.10. The summed E-state index contributed by atoms with van der Waals surface area (Å²) >= 11 is 3.16. The maximum Gasteiger partial charge on any atom is 0.289 e. The van der Waals surface area contributed by atoms with Crippen LogP contribution in [0, 0.1) is 0 Å². The first kappa shape index (κ1) is 11.6. The molecule has 0 saturated heterocycles. The maximum atomic E-state index is 13.0. The summed E-state index contributed by atoms with van der Waals surface area (Å²) in [6, 6.07) is 4.86. The second-order valence-electron chi connectivity index (χ2n) is 2.95. The van der Waals surface area contributed by atoms with Gasteiger partial charge in [0, 0.05) is 4.47 Å². The highest BCUT2D eigenvalue weighted by atomic mass is 79.9. The molecule has 0 aliphatic rings. The van der Waals surface area contributed by atoms with E-state index in [4.69, 9.17) is 10.8 Å². The average molecular weight is 266 g/mol. The Morgan fingerprint density at radius 1 is 1.50 bits per heavy atom. The Kier molecular flexibility index (Phi) is 3.58. The summed E-state index contributed by atoms with van der Waals surface area (Å²) in [5.41, 5.74) is 5.61. The van der Waals surface area contributed by atoms with Crippen LogP contribution in [-0.4, -0.2) is 17.6 Å². The molecule has 14 heavy (non-hydrogen) atoms. The minimum absolute atomic E-state index is 0.290. The summed E-state index contributed by atoms with van der Waals surface area (Å²) in [5, 5.41) is 8.45. The number of aliphatic hydroxyl groups is 1. The van der Waals surface area contributed by atoms with E-state index >= 15 is 0 Å². The second kappa shape index (κ2) is 4.33. The van der Waals surface area contributed by atoms with Gasteiger partial charge >= 0.3 is 0 Å². The molecule has 5 heteroatoms. The molecule has 2 nitrogen and oxygen atoms in total. The van der Waals surface area contributed by atoms with Crippen LogP contribution in [0.3, 0.4) is 0 Å². The Bertz CT molecular complexity index is 319. The summed E-state index contributed by atoms with van der Waals surface area (Å²) in [4.78, 5) is 0. The van der Waals surface area contributed by atoms with Crippen molar-refractivity contribution in [2.75, 3.05) is 6.61 Å². The van der Waals surface area contributed by atoms with Gasteiger partial charge in [-0.15, -0.1) is 0 Å². The normalized spacial score (nSPS) is 14.1. The van der Waals surface area contributed by atoms with Gasteiger partial charge in [0.25, 0.3) is 5.92 Å². The molecular formula is C9H10BrF2NO. The Balaban J connectivity index is 2.94. The quantitative estimate of drug-likeness (QED) is 0.879. The fourth-order valence-corrected chi connectivity index (χ4v) is 1.46. The molecule has 0 fully saturated rings. The van der Waals surface area contributed by atoms with Crippen molar-refractivity contribution in [2.24, 2.45) is 5.73 Å². The molecule has 0 heterocycles. The first-order valence-electron chi connectivity index (χ1n) is 3.97. The van der Waals surface area contributed by atoms with Crippen LogP contribution in [0.5, 0.6) is 0 Å². The highest BCUT2D eigenvalue weighted by Gasteiger charge is 2.37. The number of hydrogen-bond acceptors (Lipinski definition) is 2. The molecule has 0 unspecified atom stereocenters. The van der Waals surface area contributed by atoms with Crippen LogP contribution >= 0.6 is 15.9 Å². The molecule has 0 aliphatic heterocycles. The van der Waals surface area contributed by atoms with Crippen LogP contribution in [0.2, 0.25) is 0 Å². The van der Waals surface area contributed by atoms with Gasteiger partial charge in [0.05, 0.1) is 6.04 Å². The third kappa shape index (κ3) is 2.50. The number of benzene rings is 1. The minimum atomic E-state index is -3.29. The predicted molar refractivity (Wildman–Crippen MR) is 53.1 cm³/mol. The van der Waals surface area contributed by atoms with E-state index in [0.717, 1.165) is 0 Å². The van der Waals surface area contributed by atoms with Crippen molar-refractivity contribution in [3.63, 3.8) is 0 Å². The van der Waals surface area contributed by atoms with Crippen LogP contribution in [0.25, 0.3) is 0 Å². The number of rotatable bonds is 3. The molecule has 0 aliphatic carbocycles.